The number of benzene rings is 2. The number of thiazole rings is 1. The topological polar surface area (TPSA) is 11.0 Å². The standard InChI is InChI=1S/C25H27N3S2/c1-26-14-12-20(13-15-26)8-9-21-10-11-24(23-7-5-4-6-22(21)23)27(2)16-18-29-25-28(3)17-19-30-25/h4-15,17,19H,16,18H2,1-3H3/q+2. The molecule has 5 heteroatoms. The molecular weight excluding hydrogens is 406 g/mol. The number of hydrogen-bond donors (Lipinski definition) is 0. The Morgan fingerprint density at radius 2 is 1.70 bits per heavy atom. The van der Waals surface area contributed by atoms with Gasteiger partial charge in [-0.2, -0.15) is 4.57 Å². The van der Waals surface area contributed by atoms with Gasteiger partial charge in [0.2, 0.25) is 0 Å². The minimum atomic E-state index is 1.00. The van der Waals surface area contributed by atoms with E-state index in [1.165, 1.54) is 31.9 Å². The fraction of sp³-hybridized carbons (Fsp3) is 0.200. The molecule has 2 aromatic heterocycles. The summed E-state index contributed by atoms with van der Waals surface area (Å²) in [6.07, 6.45) is 10.7. The maximum Gasteiger partial charge on any atom is 0.297 e. The number of nitrogens with zero attached hydrogens (tertiary/aromatic N) is 3. The van der Waals surface area contributed by atoms with Gasteiger partial charge < -0.3 is 4.90 Å². The molecule has 3 nitrogen and oxygen atoms in total. The zero-order chi connectivity index (χ0) is 20.9. The molecule has 0 bridgehead atoms. The Labute approximate surface area is 186 Å². The monoisotopic (exact) mass is 433 g/mol. The molecule has 30 heavy (non-hydrogen) atoms. The van der Waals surface area contributed by atoms with Crippen LogP contribution in [0.2, 0.25) is 0 Å². The second-order valence-corrected chi connectivity index (χ2v) is 9.64. The molecule has 0 saturated carbocycles. The summed E-state index contributed by atoms with van der Waals surface area (Å²) >= 11 is 3.72. The average Bonchev–Trinajstić information content (AvgIpc) is 3.17. The van der Waals surface area contributed by atoms with Crippen LogP contribution in [0.15, 0.2) is 76.8 Å². The predicted octanol–water partition coefficient (Wildman–Crippen LogP) is 4.95. The first-order valence-corrected chi connectivity index (χ1v) is 11.9. The summed E-state index contributed by atoms with van der Waals surface area (Å²) in [7, 11) is 6.34. The summed E-state index contributed by atoms with van der Waals surface area (Å²) in [5.74, 6) is 1.06. The molecule has 0 atom stereocenters. The smallest absolute Gasteiger partial charge is 0.297 e. The van der Waals surface area contributed by atoms with Gasteiger partial charge in [0.1, 0.15) is 14.1 Å². The van der Waals surface area contributed by atoms with Crippen LogP contribution in [0.4, 0.5) is 5.69 Å². The summed E-state index contributed by atoms with van der Waals surface area (Å²) in [5.41, 5.74) is 3.73. The molecular formula is C25H27N3S2+2. The van der Waals surface area contributed by atoms with Crippen LogP contribution < -0.4 is 14.0 Å². The third-order valence-corrected chi connectivity index (χ3v) is 7.51. The zero-order valence-electron chi connectivity index (χ0n) is 17.7. The van der Waals surface area contributed by atoms with E-state index >= 15 is 0 Å². The molecule has 0 fully saturated rings. The molecule has 0 aliphatic heterocycles. The molecule has 2 heterocycles. The first kappa shape index (κ1) is 20.6. The van der Waals surface area contributed by atoms with Crippen molar-refractivity contribution in [3.05, 3.63) is 83.6 Å². The molecule has 0 spiro atoms. The Morgan fingerprint density at radius 1 is 0.933 bits per heavy atom. The number of rotatable bonds is 7. The molecule has 0 amide bonds. The van der Waals surface area contributed by atoms with Crippen molar-refractivity contribution in [2.45, 2.75) is 4.34 Å². The van der Waals surface area contributed by atoms with Crippen LogP contribution in [0.5, 0.6) is 0 Å². The van der Waals surface area contributed by atoms with E-state index in [0.717, 1.165) is 12.3 Å². The maximum absolute atomic E-state index is 2.37. The number of aryl methyl sites for hydroxylation is 2. The van der Waals surface area contributed by atoms with Gasteiger partial charge in [-0.05, 0) is 34.3 Å². The van der Waals surface area contributed by atoms with E-state index in [9.17, 15) is 0 Å². The minimum absolute atomic E-state index is 1.00. The van der Waals surface area contributed by atoms with Crippen molar-refractivity contribution >= 4 is 51.7 Å². The van der Waals surface area contributed by atoms with Gasteiger partial charge in [-0.15, -0.1) is 0 Å². The van der Waals surface area contributed by atoms with Crippen LogP contribution in [0.1, 0.15) is 11.1 Å². The van der Waals surface area contributed by atoms with Gasteiger partial charge in [-0.3, -0.25) is 0 Å². The normalized spacial score (nSPS) is 11.4. The van der Waals surface area contributed by atoms with Crippen LogP contribution in [-0.2, 0) is 14.1 Å². The van der Waals surface area contributed by atoms with Gasteiger partial charge in [-0.25, -0.2) is 4.57 Å². The van der Waals surface area contributed by atoms with Crippen molar-refractivity contribution < 1.29 is 9.13 Å². The van der Waals surface area contributed by atoms with E-state index in [0.29, 0.717) is 0 Å². The zero-order valence-corrected chi connectivity index (χ0v) is 19.3. The van der Waals surface area contributed by atoms with Gasteiger partial charge in [0, 0.05) is 42.6 Å². The molecule has 4 rings (SSSR count). The largest absolute Gasteiger partial charge is 0.373 e. The molecule has 0 aliphatic carbocycles. The quantitative estimate of drug-likeness (QED) is 0.302. The first-order chi connectivity index (χ1) is 14.6. The minimum Gasteiger partial charge on any atom is -0.373 e. The molecule has 0 saturated heterocycles. The highest BCUT2D eigenvalue weighted by atomic mass is 32.2. The van der Waals surface area contributed by atoms with Crippen molar-refractivity contribution in [1.82, 2.24) is 0 Å². The van der Waals surface area contributed by atoms with Crippen molar-refractivity contribution in [2.75, 3.05) is 24.2 Å². The van der Waals surface area contributed by atoms with Crippen molar-refractivity contribution in [3.63, 3.8) is 0 Å². The van der Waals surface area contributed by atoms with Crippen molar-refractivity contribution in [1.29, 1.82) is 0 Å². The number of hydrogen-bond acceptors (Lipinski definition) is 3. The lowest BCUT2D eigenvalue weighted by Crippen LogP contribution is -2.27. The Kier molecular flexibility index (Phi) is 6.50. The third kappa shape index (κ3) is 4.74. The van der Waals surface area contributed by atoms with Crippen LogP contribution in [0.25, 0.3) is 22.9 Å². The van der Waals surface area contributed by atoms with E-state index in [1.807, 2.05) is 23.4 Å². The van der Waals surface area contributed by atoms with E-state index < -0.39 is 0 Å². The lowest BCUT2D eigenvalue weighted by Gasteiger charge is -2.21. The van der Waals surface area contributed by atoms with Crippen LogP contribution >= 0.6 is 23.1 Å². The SMILES string of the molecule is CN(CCSc1scc[n+]1C)c1ccc(/C=C/c2cc[n+](C)cc2)c2ccccc12. The van der Waals surface area contributed by atoms with Crippen LogP contribution in [0, 0.1) is 0 Å². The van der Waals surface area contributed by atoms with Gasteiger partial charge >= 0.3 is 0 Å². The summed E-state index contributed by atoms with van der Waals surface area (Å²) in [4.78, 5) is 2.37. The Morgan fingerprint density at radius 3 is 2.43 bits per heavy atom. The molecule has 0 N–H and O–H groups in total. The Bertz CT molecular complexity index is 1160. The fourth-order valence-corrected chi connectivity index (χ4v) is 5.52. The summed E-state index contributed by atoms with van der Waals surface area (Å²) in [5, 5.41) is 4.73. The maximum atomic E-state index is 2.37. The number of thioether (sulfide) groups is 1. The third-order valence-electron chi connectivity index (χ3n) is 5.20. The molecule has 2 aromatic carbocycles. The van der Waals surface area contributed by atoms with Crippen molar-refractivity contribution in [3.8, 4) is 0 Å². The second-order valence-electron chi connectivity index (χ2n) is 7.40. The molecule has 4 aromatic rings. The lowest BCUT2D eigenvalue weighted by molar-refractivity contribution is -0.702. The van der Waals surface area contributed by atoms with E-state index in [4.69, 9.17) is 0 Å². The van der Waals surface area contributed by atoms with E-state index in [1.54, 1.807) is 11.3 Å². The number of aromatic nitrogens is 2. The van der Waals surface area contributed by atoms with Gasteiger partial charge in [0.05, 0.1) is 5.38 Å². The number of anilines is 1. The van der Waals surface area contributed by atoms with E-state index in [-0.39, 0.29) is 0 Å². The lowest BCUT2D eigenvalue weighted by atomic mass is 10.0. The number of fused-ring (bicyclic) bond motifs is 1. The predicted molar refractivity (Wildman–Crippen MR) is 130 cm³/mol. The Hall–Kier alpha value is -2.63. The van der Waals surface area contributed by atoms with Gasteiger partial charge in [0.15, 0.2) is 18.6 Å². The fourth-order valence-electron chi connectivity index (χ4n) is 3.44. The molecule has 152 valence electrons. The number of pyridine rings is 1. The second kappa shape index (κ2) is 9.45. The highest BCUT2D eigenvalue weighted by Crippen LogP contribution is 2.30. The molecule has 0 unspecified atom stereocenters. The summed E-state index contributed by atoms with van der Waals surface area (Å²) in [6, 6.07) is 17.5. The molecule has 0 aliphatic rings. The summed E-state index contributed by atoms with van der Waals surface area (Å²) in [6.45, 7) is 1.00. The molecule has 0 radical (unpaired) electrons. The summed E-state index contributed by atoms with van der Waals surface area (Å²) < 4.78 is 5.59. The van der Waals surface area contributed by atoms with Crippen LogP contribution in [0.3, 0.4) is 0 Å². The van der Waals surface area contributed by atoms with Crippen LogP contribution in [-0.4, -0.2) is 19.3 Å². The Balaban J connectivity index is 1.54. The van der Waals surface area contributed by atoms with Gasteiger partial charge in [0.25, 0.3) is 4.34 Å². The highest BCUT2D eigenvalue weighted by molar-refractivity contribution is 8.00. The highest BCUT2D eigenvalue weighted by Gasteiger charge is 2.11. The van der Waals surface area contributed by atoms with Crippen molar-refractivity contribution in [2.24, 2.45) is 14.1 Å². The average molecular weight is 434 g/mol. The van der Waals surface area contributed by atoms with Gasteiger partial charge in [-0.1, -0.05) is 53.8 Å². The first-order valence-electron chi connectivity index (χ1n) is 10.0. The van der Waals surface area contributed by atoms with E-state index in [2.05, 4.69) is 108 Å².